The van der Waals surface area contributed by atoms with Gasteiger partial charge in [-0.1, -0.05) is 29.6 Å². The smallest absolute Gasteiger partial charge is 0.435 e. The zero-order chi connectivity index (χ0) is 14.9. The fourth-order valence-electron chi connectivity index (χ4n) is 1.18. The second kappa shape index (κ2) is 5.66. The highest BCUT2D eigenvalue weighted by atomic mass is 32.2. The monoisotopic (exact) mass is 341 g/mol. The van der Waals surface area contributed by atoms with Crippen molar-refractivity contribution in [3.05, 3.63) is 15.6 Å². The van der Waals surface area contributed by atoms with E-state index in [-0.39, 0.29) is 4.34 Å². The number of aryl methyl sites for hydroxylation is 1. The van der Waals surface area contributed by atoms with Gasteiger partial charge in [-0.15, -0.1) is 10.2 Å². The van der Waals surface area contributed by atoms with E-state index in [4.69, 9.17) is 5.11 Å². The quantitative estimate of drug-likeness (QED) is 0.918. The Morgan fingerprint density at radius 3 is 2.45 bits per heavy atom. The second-order valence-corrected chi connectivity index (χ2v) is 6.93. The highest BCUT2D eigenvalue weighted by Gasteiger charge is 2.39. The van der Waals surface area contributed by atoms with Crippen molar-refractivity contribution in [2.75, 3.05) is 0 Å². The van der Waals surface area contributed by atoms with Gasteiger partial charge in [-0.3, -0.25) is 0 Å². The molecule has 0 saturated heterocycles. The SMILES string of the molecule is CCc1nnc(Sc2nc(C(F)(F)F)c(C(=O)O)s2)s1. The molecule has 0 aliphatic heterocycles. The number of halogens is 3. The zero-order valence-electron chi connectivity index (χ0n) is 9.76. The Balaban J connectivity index is 2.31. The molecule has 0 fully saturated rings. The van der Waals surface area contributed by atoms with Crippen molar-refractivity contribution in [1.82, 2.24) is 15.2 Å². The van der Waals surface area contributed by atoms with Crippen LogP contribution in [0.2, 0.25) is 0 Å². The first-order chi connectivity index (χ1) is 9.31. The number of carboxylic acid groups (broad SMARTS) is 1. The average molecular weight is 341 g/mol. The Morgan fingerprint density at radius 1 is 1.30 bits per heavy atom. The van der Waals surface area contributed by atoms with Gasteiger partial charge in [-0.2, -0.15) is 13.2 Å². The molecule has 0 aliphatic carbocycles. The first-order valence-electron chi connectivity index (χ1n) is 5.12. The van der Waals surface area contributed by atoms with Crippen molar-refractivity contribution in [3.63, 3.8) is 0 Å². The third-order valence-corrected chi connectivity index (χ3v) is 5.22. The number of hydrogen-bond donors (Lipinski definition) is 1. The number of carbonyl (C=O) groups is 1. The highest BCUT2D eigenvalue weighted by molar-refractivity contribution is 8.02. The largest absolute Gasteiger partial charge is 0.477 e. The summed E-state index contributed by atoms with van der Waals surface area (Å²) in [5, 5.41) is 17.2. The second-order valence-electron chi connectivity index (χ2n) is 3.38. The van der Waals surface area contributed by atoms with Crippen molar-refractivity contribution in [1.29, 1.82) is 0 Å². The van der Waals surface area contributed by atoms with E-state index in [9.17, 15) is 18.0 Å². The molecule has 2 rings (SSSR count). The Morgan fingerprint density at radius 2 is 2.00 bits per heavy atom. The van der Waals surface area contributed by atoms with Crippen LogP contribution in [0.3, 0.4) is 0 Å². The molecule has 20 heavy (non-hydrogen) atoms. The molecule has 0 spiro atoms. The minimum Gasteiger partial charge on any atom is -0.477 e. The predicted octanol–water partition coefficient (Wildman–Crippen LogP) is 3.43. The maximum absolute atomic E-state index is 12.7. The van der Waals surface area contributed by atoms with Crippen molar-refractivity contribution >= 4 is 40.4 Å². The third-order valence-electron chi connectivity index (χ3n) is 2.00. The van der Waals surface area contributed by atoms with Gasteiger partial charge in [0.15, 0.2) is 14.4 Å². The number of thiazole rings is 1. The fraction of sp³-hybridized carbons (Fsp3) is 0.333. The summed E-state index contributed by atoms with van der Waals surface area (Å²) >= 11 is 2.60. The van der Waals surface area contributed by atoms with Crippen LogP contribution in [-0.2, 0) is 12.6 Å². The molecule has 0 atom stereocenters. The van der Waals surface area contributed by atoms with Gasteiger partial charge >= 0.3 is 12.1 Å². The Hall–Kier alpha value is -1.20. The van der Waals surface area contributed by atoms with Crippen molar-refractivity contribution in [2.45, 2.75) is 28.2 Å². The number of nitrogens with zero attached hydrogens (tertiary/aromatic N) is 3. The molecule has 0 aliphatic rings. The lowest BCUT2D eigenvalue weighted by molar-refractivity contribution is -0.141. The lowest BCUT2D eigenvalue weighted by atomic mass is 10.3. The molecule has 2 heterocycles. The van der Waals surface area contributed by atoms with E-state index in [0.717, 1.165) is 16.8 Å². The Labute approximate surface area is 122 Å². The normalized spacial score (nSPS) is 11.8. The lowest BCUT2D eigenvalue weighted by Crippen LogP contribution is -2.11. The molecule has 108 valence electrons. The van der Waals surface area contributed by atoms with Gasteiger partial charge in [0.1, 0.15) is 9.88 Å². The van der Waals surface area contributed by atoms with Crippen LogP contribution >= 0.6 is 34.4 Å². The van der Waals surface area contributed by atoms with Crippen molar-refractivity contribution in [3.8, 4) is 0 Å². The first kappa shape index (κ1) is 15.2. The highest BCUT2D eigenvalue weighted by Crippen LogP contribution is 2.40. The minimum absolute atomic E-state index is 0.0199. The van der Waals surface area contributed by atoms with Crippen LogP contribution in [0.4, 0.5) is 13.2 Å². The first-order valence-corrected chi connectivity index (χ1v) is 7.57. The molecule has 0 unspecified atom stereocenters. The van der Waals surface area contributed by atoms with Crippen LogP contribution in [-0.4, -0.2) is 26.3 Å². The van der Waals surface area contributed by atoms with E-state index in [1.807, 2.05) is 6.92 Å². The lowest BCUT2D eigenvalue weighted by Gasteiger charge is -2.02. The van der Waals surface area contributed by atoms with E-state index in [1.165, 1.54) is 11.3 Å². The van der Waals surface area contributed by atoms with Gasteiger partial charge in [0.25, 0.3) is 0 Å². The Bertz CT molecular complexity index is 638. The molecule has 2 aromatic rings. The summed E-state index contributed by atoms with van der Waals surface area (Å²) in [4.78, 5) is 13.3. The third kappa shape index (κ3) is 3.27. The molecule has 2 aromatic heterocycles. The number of hydrogen-bond acceptors (Lipinski definition) is 7. The summed E-state index contributed by atoms with van der Waals surface area (Å²) in [7, 11) is 0. The summed E-state index contributed by atoms with van der Waals surface area (Å²) in [5.74, 6) is -1.65. The summed E-state index contributed by atoms with van der Waals surface area (Å²) < 4.78 is 38.4. The molecule has 0 radical (unpaired) electrons. The number of aromatic carboxylic acids is 1. The number of alkyl halides is 3. The van der Waals surface area contributed by atoms with Gasteiger partial charge in [0.2, 0.25) is 0 Å². The standard InChI is InChI=1S/C9H6F3N3O2S3/c1-2-3-14-15-8(18-3)20-7-13-5(9(10,11)12)4(19-7)6(16)17/h2H2,1H3,(H,16,17). The van der Waals surface area contributed by atoms with Crippen molar-refractivity contribution < 1.29 is 23.1 Å². The summed E-state index contributed by atoms with van der Waals surface area (Å²) in [6, 6.07) is 0. The molecule has 5 nitrogen and oxygen atoms in total. The van der Waals surface area contributed by atoms with Gasteiger partial charge in [-0.25, -0.2) is 9.78 Å². The van der Waals surface area contributed by atoms with Crippen LogP contribution in [0.15, 0.2) is 8.68 Å². The molecular weight excluding hydrogens is 335 g/mol. The fourth-order valence-corrected chi connectivity index (χ4v) is 4.22. The van der Waals surface area contributed by atoms with E-state index in [1.54, 1.807) is 0 Å². The minimum atomic E-state index is -4.79. The van der Waals surface area contributed by atoms with Gasteiger partial charge in [0, 0.05) is 0 Å². The number of carboxylic acids is 1. The van der Waals surface area contributed by atoms with E-state index < -0.39 is 22.7 Å². The zero-order valence-corrected chi connectivity index (χ0v) is 12.2. The molecule has 11 heteroatoms. The van der Waals surface area contributed by atoms with Crippen LogP contribution in [0.25, 0.3) is 0 Å². The van der Waals surface area contributed by atoms with Crippen molar-refractivity contribution in [2.24, 2.45) is 0 Å². The summed E-state index contributed by atoms with van der Waals surface area (Å²) in [6.07, 6.45) is -4.12. The van der Waals surface area contributed by atoms with Crippen LogP contribution in [0.1, 0.15) is 27.3 Å². The molecule has 0 bridgehead atoms. The molecule has 0 aromatic carbocycles. The van der Waals surface area contributed by atoms with Gasteiger partial charge in [-0.05, 0) is 18.2 Å². The van der Waals surface area contributed by atoms with Crippen LogP contribution in [0, 0.1) is 0 Å². The maximum atomic E-state index is 12.7. The van der Waals surface area contributed by atoms with Crippen LogP contribution < -0.4 is 0 Å². The molecular formula is C9H6F3N3O2S3. The molecule has 1 N–H and O–H groups in total. The summed E-state index contributed by atoms with van der Waals surface area (Å²) in [6.45, 7) is 1.88. The summed E-state index contributed by atoms with van der Waals surface area (Å²) in [5.41, 5.74) is -1.38. The van der Waals surface area contributed by atoms with Gasteiger partial charge < -0.3 is 5.11 Å². The number of rotatable bonds is 4. The predicted molar refractivity (Wildman–Crippen MR) is 67.5 cm³/mol. The van der Waals surface area contributed by atoms with Crippen LogP contribution in [0.5, 0.6) is 0 Å². The molecule has 0 amide bonds. The molecule has 0 saturated carbocycles. The maximum Gasteiger partial charge on any atom is 0.435 e. The van der Waals surface area contributed by atoms with E-state index in [0.29, 0.717) is 22.1 Å². The van der Waals surface area contributed by atoms with E-state index >= 15 is 0 Å². The number of aromatic nitrogens is 3. The average Bonchev–Trinajstić information content (AvgIpc) is 2.95. The topological polar surface area (TPSA) is 76.0 Å². The van der Waals surface area contributed by atoms with Gasteiger partial charge in [0.05, 0.1) is 0 Å². The Kier molecular flexibility index (Phi) is 4.30. The van der Waals surface area contributed by atoms with E-state index in [2.05, 4.69) is 15.2 Å².